The fraction of sp³-hybridized carbons (Fsp3) is 0.889. The van der Waals surface area contributed by atoms with Crippen LogP contribution in [0.1, 0.15) is 33.1 Å². The van der Waals surface area contributed by atoms with E-state index >= 15 is 0 Å². The van der Waals surface area contributed by atoms with Crippen molar-refractivity contribution >= 4 is 5.97 Å². The van der Waals surface area contributed by atoms with E-state index in [-0.39, 0.29) is 6.61 Å². The molecule has 7 heteroatoms. The van der Waals surface area contributed by atoms with Gasteiger partial charge in [0.25, 0.3) is 5.09 Å². The number of hydrogen-bond acceptors (Lipinski definition) is 6. The van der Waals surface area contributed by atoms with Gasteiger partial charge in [0.2, 0.25) is 0 Å². The SMILES string of the molecule is CCCC(N)C(=O)OCC(CC)O[N+](=O)[O-]. The van der Waals surface area contributed by atoms with Gasteiger partial charge in [0.05, 0.1) is 0 Å². The van der Waals surface area contributed by atoms with E-state index in [0.717, 1.165) is 6.42 Å². The number of ether oxygens (including phenoxy) is 1. The summed E-state index contributed by atoms with van der Waals surface area (Å²) in [6.07, 6.45) is 0.967. The van der Waals surface area contributed by atoms with Gasteiger partial charge >= 0.3 is 5.97 Å². The van der Waals surface area contributed by atoms with E-state index in [4.69, 9.17) is 10.5 Å². The number of nitrogens with two attached hydrogens (primary N) is 1. The standard InChI is InChI=1S/C9H18N2O5/c1-3-5-8(10)9(12)15-6-7(4-2)16-11(13)14/h7-8H,3-6,10H2,1-2H3. The van der Waals surface area contributed by atoms with Gasteiger partial charge in [-0.15, -0.1) is 10.1 Å². The maximum Gasteiger partial charge on any atom is 0.322 e. The fourth-order valence-electron chi connectivity index (χ4n) is 1.06. The highest BCUT2D eigenvalue weighted by atomic mass is 17.0. The summed E-state index contributed by atoms with van der Waals surface area (Å²) in [6.45, 7) is 3.46. The summed E-state index contributed by atoms with van der Waals surface area (Å²) >= 11 is 0. The number of carbonyl (C=O) groups is 1. The molecule has 0 saturated heterocycles. The van der Waals surface area contributed by atoms with Crippen molar-refractivity contribution in [1.82, 2.24) is 0 Å². The molecule has 0 aliphatic heterocycles. The fourth-order valence-corrected chi connectivity index (χ4v) is 1.06. The quantitative estimate of drug-likeness (QED) is 0.375. The molecule has 0 saturated carbocycles. The van der Waals surface area contributed by atoms with Gasteiger partial charge < -0.3 is 15.3 Å². The molecule has 0 aliphatic rings. The van der Waals surface area contributed by atoms with Gasteiger partial charge in [-0.25, -0.2) is 0 Å². The van der Waals surface area contributed by atoms with Crippen molar-refractivity contribution in [2.45, 2.75) is 45.3 Å². The first-order chi connectivity index (χ1) is 7.51. The smallest absolute Gasteiger partial charge is 0.322 e. The van der Waals surface area contributed by atoms with Crippen molar-refractivity contribution in [3.05, 3.63) is 10.1 Å². The van der Waals surface area contributed by atoms with E-state index in [2.05, 4.69) is 4.84 Å². The zero-order chi connectivity index (χ0) is 12.6. The Kier molecular flexibility index (Phi) is 7.19. The number of rotatable bonds is 8. The van der Waals surface area contributed by atoms with E-state index in [1.807, 2.05) is 6.92 Å². The first-order valence-electron chi connectivity index (χ1n) is 5.24. The Morgan fingerprint density at radius 1 is 1.50 bits per heavy atom. The van der Waals surface area contributed by atoms with E-state index in [0.29, 0.717) is 12.8 Å². The molecule has 2 N–H and O–H groups in total. The van der Waals surface area contributed by atoms with Gasteiger partial charge in [0.1, 0.15) is 18.8 Å². The van der Waals surface area contributed by atoms with Crippen LogP contribution < -0.4 is 5.73 Å². The highest BCUT2D eigenvalue weighted by Gasteiger charge is 2.18. The summed E-state index contributed by atoms with van der Waals surface area (Å²) in [6, 6.07) is -0.668. The highest BCUT2D eigenvalue weighted by molar-refractivity contribution is 5.75. The average Bonchev–Trinajstić information content (AvgIpc) is 2.23. The molecule has 0 aromatic heterocycles. The Morgan fingerprint density at radius 2 is 2.12 bits per heavy atom. The van der Waals surface area contributed by atoms with Gasteiger partial charge in [0.15, 0.2) is 0 Å². The number of nitrogens with zero attached hydrogens (tertiary/aromatic N) is 1. The van der Waals surface area contributed by atoms with E-state index in [1.165, 1.54) is 0 Å². The van der Waals surface area contributed by atoms with Crippen molar-refractivity contribution in [3.63, 3.8) is 0 Å². The van der Waals surface area contributed by atoms with Crippen LogP contribution in [0.5, 0.6) is 0 Å². The Bertz CT molecular complexity index is 234. The maximum absolute atomic E-state index is 11.3. The van der Waals surface area contributed by atoms with Crippen molar-refractivity contribution < 1.29 is 19.5 Å². The van der Waals surface area contributed by atoms with Crippen molar-refractivity contribution in [1.29, 1.82) is 0 Å². The third kappa shape index (κ3) is 6.18. The molecule has 2 unspecified atom stereocenters. The van der Waals surface area contributed by atoms with Crippen LogP contribution in [-0.4, -0.2) is 29.8 Å². The lowest BCUT2D eigenvalue weighted by Gasteiger charge is -2.15. The first-order valence-corrected chi connectivity index (χ1v) is 5.24. The third-order valence-electron chi connectivity index (χ3n) is 2.00. The Balaban J connectivity index is 3.91. The molecule has 2 atom stereocenters. The van der Waals surface area contributed by atoms with E-state index < -0.39 is 23.2 Å². The van der Waals surface area contributed by atoms with Gasteiger partial charge in [-0.3, -0.25) is 4.79 Å². The second-order valence-electron chi connectivity index (χ2n) is 3.38. The summed E-state index contributed by atoms with van der Waals surface area (Å²) in [7, 11) is 0. The van der Waals surface area contributed by atoms with Crippen LogP contribution in [0.15, 0.2) is 0 Å². The molecule has 0 radical (unpaired) electrons. The summed E-state index contributed by atoms with van der Waals surface area (Å²) in [5, 5.41) is 9.17. The van der Waals surface area contributed by atoms with Crippen LogP contribution in [0.3, 0.4) is 0 Å². The molecule has 0 fully saturated rings. The van der Waals surface area contributed by atoms with Crippen LogP contribution in [0.25, 0.3) is 0 Å². The van der Waals surface area contributed by atoms with Crippen LogP contribution in [0, 0.1) is 10.1 Å². The van der Waals surface area contributed by atoms with Crippen molar-refractivity contribution in [2.75, 3.05) is 6.61 Å². The zero-order valence-electron chi connectivity index (χ0n) is 9.55. The second kappa shape index (κ2) is 7.86. The summed E-state index contributed by atoms with van der Waals surface area (Å²) in [4.78, 5) is 25.6. The molecule has 94 valence electrons. The minimum Gasteiger partial charge on any atom is -0.462 e. The van der Waals surface area contributed by atoms with Crippen molar-refractivity contribution in [3.8, 4) is 0 Å². The molecule has 0 bridgehead atoms. The first kappa shape index (κ1) is 14.6. The minimum atomic E-state index is -0.895. The summed E-state index contributed by atoms with van der Waals surface area (Å²) < 4.78 is 4.82. The van der Waals surface area contributed by atoms with Gasteiger partial charge in [-0.1, -0.05) is 20.3 Å². The molecule has 16 heavy (non-hydrogen) atoms. The van der Waals surface area contributed by atoms with Crippen LogP contribution in [0.4, 0.5) is 0 Å². The van der Waals surface area contributed by atoms with Gasteiger partial charge in [-0.05, 0) is 12.8 Å². The highest BCUT2D eigenvalue weighted by Crippen LogP contribution is 2.02. The van der Waals surface area contributed by atoms with Gasteiger partial charge in [-0.2, -0.15) is 0 Å². The van der Waals surface area contributed by atoms with Crippen LogP contribution in [-0.2, 0) is 14.4 Å². The normalized spacial score (nSPS) is 13.9. The lowest BCUT2D eigenvalue weighted by molar-refractivity contribution is -0.769. The minimum absolute atomic E-state index is 0.145. The number of esters is 1. The number of hydrogen-bond donors (Lipinski definition) is 1. The lowest BCUT2D eigenvalue weighted by Crippen LogP contribution is -2.34. The third-order valence-corrected chi connectivity index (χ3v) is 2.00. The molecule has 0 aliphatic carbocycles. The Labute approximate surface area is 94.0 Å². The Hall–Kier alpha value is -1.37. The van der Waals surface area contributed by atoms with E-state index in [1.54, 1.807) is 6.92 Å². The molecule has 0 aromatic carbocycles. The monoisotopic (exact) mass is 234 g/mol. The zero-order valence-corrected chi connectivity index (χ0v) is 9.55. The molecule has 0 aromatic rings. The Morgan fingerprint density at radius 3 is 2.56 bits per heavy atom. The molecule has 0 spiro atoms. The van der Waals surface area contributed by atoms with E-state index in [9.17, 15) is 14.9 Å². The van der Waals surface area contributed by atoms with Crippen LogP contribution >= 0.6 is 0 Å². The maximum atomic E-state index is 11.3. The second-order valence-corrected chi connectivity index (χ2v) is 3.38. The van der Waals surface area contributed by atoms with Crippen molar-refractivity contribution in [2.24, 2.45) is 5.73 Å². The molecular weight excluding hydrogens is 216 g/mol. The lowest BCUT2D eigenvalue weighted by atomic mass is 10.2. The summed E-state index contributed by atoms with van der Waals surface area (Å²) in [5.74, 6) is -0.549. The van der Waals surface area contributed by atoms with Gasteiger partial charge in [0, 0.05) is 0 Å². The largest absolute Gasteiger partial charge is 0.462 e. The number of carbonyl (C=O) groups excluding carboxylic acids is 1. The molecule has 0 rings (SSSR count). The molecule has 7 nitrogen and oxygen atoms in total. The molecular formula is C9H18N2O5. The van der Waals surface area contributed by atoms with Crippen LogP contribution in [0.2, 0.25) is 0 Å². The molecule has 0 amide bonds. The molecule has 0 heterocycles. The average molecular weight is 234 g/mol. The topological polar surface area (TPSA) is 105 Å². The summed E-state index contributed by atoms with van der Waals surface area (Å²) in [5.41, 5.74) is 5.51. The predicted octanol–water partition coefficient (Wildman–Crippen LogP) is 0.644. The predicted molar refractivity (Wildman–Crippen MR) is 56.0 cm³/mol.